The molecule has 5 nitrogen and oxygen atoms in total. The van der Waals surface area contributed by atoms with Gasteiger partial charge in [-0.05, 0) is 48.7 Å². The Morgan fingerprint density at radius 2 is 1.77 bits per heavy atom. The van der Waals surface area contributed by atoms with Crippen LogP contribution in [0, 0.1) is 6.92 Å². The molecule has 0 saturated heterocycles. The lowest BCUT2D eigenvalue weighted by Crippen LogP contribution is -2.38. The van der Waals surface area contributed by atoms with Gasteiger partial charge in [-0.15, -0.1) is 0 Å². The van der Waals surface area contributed by atoms with Gasteiger partial charge in [-0.2, -0.15) is 4.31 Å². The standard InChI is InChI=1S/C19H23BrN2O3S/c1-4-15-8-6-7-14(3)19(15)21-18(23)13-22(5-2)26(24,25)17-11-9-16(20)10-12-17/h6-12H,4-5,13H2,1-3H3,(H,21,23). The molecule has 0 unspecified atom stereocenters. The molecule has 1 N–H and O–H groups in total. The van der Waals surface area contributed by atoms with Gasteiger partial charge in [0, 0.05) is 16.7 Å². The van der Waals surface area contributed by atoms with E-state index in [-0.39, 0.29) is 23.9 Å². The number of hydrogen-bond acceptors (Lipinski definition) is 3. The summed E-state index contributed by atoms with van der Waals surface area (Å²) >= 11 is 3.29. The number of carbonyl (C=O) groups is 1. The number of nitrogens with one attached hydrogen (secondary N) is 1. The molecule has 0 bridgehead atoms. The van der Waals surface area contributed by atoms with E-state index < -0.39 is 10.0 Å². The maximum absolute atomic E-state index is 12.8. The molecule has 1 amide bonds. The predicted octanol–water partition coefficient (Wildman–Crippen LogP) is 3.97. The van der Waals surface area contributed by atoms with E-state index in [9.17, 15) is 13.2 Å². The van der Waals surface area contributed by atoms with Crippen LogP contribution in [0.2, 0.25) is 0 Å². The van der Waals surface area contributed by atoms with Crippen molar-refractivity contribution >= 4 is 37.5 Å². The molecule has 2 aromatic carbocycles. The third kappa shape index (κ3) is 4.72. The molecule has 2 rings (SSSR count). The number of likely N-dealkylation sites (N-methyl/N-ethyl adjacent to an activating group) is 1. The molecule has 0 heterocycles. The summed E-state index contributed by atoms with van der Waals surface area (Å²) in [5.74, 6) is -0.350. The minimum atomic E-state index is -3.73. The van der Waals surface area contributed by atoms with E-state index in [0.717, 1.165) is 27.7 Å². The van der Waals surface area contributed by atoms with E-state index in [4.69, 9.17) is 0 Å². The van der Waals surface area contributed by atoms with Gasteiger partial charge in [-0.1, -0.05) is 48.0 Å². The zero-order valence-corrected chi connectivity index (χ0v) is 17.5. The van der Waals surface area contributed by atoms with Crippen LogP contribution in [0.1, 0.15) is 25.0 Å². The summed E-state index contributed by atoms with van der Waals surface area (Å²) in [6.07, 6.45) is 0.784. The van der Waals surface area contributed by atoms with E-state index in [1.807, 2.05) is 32.0 Å². The molecule has 26 heavy (non-hydrogen) atoms. The first-order chi connectivity index (χ1) is 12.3. The highest BCUT2D eigenvalue weighted by molar-refractivity contribution is 9.10. The maximum atomic E-state index is 12.8. The van der Waals surface area contributed by atoms with Crippen molar-refractivity contribution in [2.75, 3.05) is 18.4 Å². The van der Waals surface area contributed by atoms with Gasteiger partial charge < -0.3 is 5.32 Å². The third-order valence-electron chi connectivity index (χ3n) is 4.13. The molecule has 0 aliphatic heterocycles. The molecule has 0 atom stereocenters. The molecule has 0 aliphatic carbocycles. The number of aryl methyl sites for hydroxylation is 2. The third-order valence-corrected chi connectivity index (χ3v) is 6.59. The monoisotopic (exact) mass is 438 g/mol. The van der Waals surface area contributed by atoms with Crippen molar-refractivity contribution in [3.63, 3.8) is 0 Å². The van der Waals surface area contributed by atoms with Gasteiger partial charge in [0.25, 0.3) is 0 Å². The van der Waals surface area contributed by atoms with E-state index >= 15 is 0 Å². The molecule has 0 fully saturated rings. The van der Waals surface area contributed by atoms with Crippen molar-refractivity contribution in [2.24, 2.45) is 0 Å². The first kappa shape index (κ1) is 20.6. The highest BCUT2D eigenvalue weighted by atomic mass is 79.9. The van der Waals surface area contributed by atoms with E-state index in [2.05, 4.69) is 21.2 Å². The SMILES string of the molecule is CCc1cccc(C)c1NC(=O)CN(CC)S(=O)(=O)c1ccc(Br)cc1. The molecule has 0 spiro atoms. The van der Waals surface area contributed by atoms with Crippen LogP contribution in [-0.2, 0) is 21.2 Å². The molecule has 7 heteroatoms. The quantitative estimate of drug-likeness (QED) is 0.710. The normalized spacial score (nSPS) is 11.6. The molecule has 0 aliphatic rings. The summed E-state index contributed by atoms with van der Waals surface area (Å²) in [5, 5.41) is 2.87. The molecule has 0 saturated carbocycles. The van der Waals surface area contributed by atoms with Crippen molar-refractivity contribution in [1.29, 1.82) is 0 Å². The second kappa shape index (κ2) is 8.79. The van der Waals surface area contributed by atoms with Gasteiger partial charge >= 0.3 is 0 Å². The number of hydrogen-bond donors (Lipinski definition) is 1. The minimum Gasteiger partial charge on any atom is -0.324 e. The number of nitrogens with zero attached hydrogens (tertiary/aromatic N) is 1. The van der Waals surface area contributed by atoms with Crippen molar-refractivity contribution in [3.05, 3.63) is 58.1 Å². The molecular weight excluding hydrogens is 416 g/mol. The van der Waals surface area contributed by atoms with E-state index in [1.54, 1.807) is 19.1 Å². The Morgan fingerprint density at radius 3 is 2.35 bits per heavy atom. The average Bonchev–Trinajstić information content (AvgIpc) is 2.61. The zero-order chi connectivity index (χ0) is 19.3. The lowest BCUT2D eigenvalue weighted by molar-refractivity contribution is -0.116. The number of anilines is 1. The lowest BCUT2D eigenvalue weighted by atomic mass is 10.1. The lowest BCUT2D eigenvalue weighted by Gasteiger charge is -2.21. The summed E-state index contributed by atoms with van der Waals surface area (Å²) in [4.78, 5) is 12.7. The second-order valence-electron chi connectivity index (χ2n) is 5.90. The molecule has 140 valence electrons. The fourth-order valence-corrected chi connectivity index (χ4v) is 4.33. The van der Waals surface area contributed by atoms with Gasteiger partial charge in [-0.3, -0.25) is 4.79 Å². The Balaban J connectivity index is 2.20. The van der Waals surface area contributed by atoms with E-state index in [1.165, 1.54) is 16.4 Å². The zero-order valence-electron chi connectivity index (χ0n) is 15.1. The van der Waals surface area contributed by atoms with Crippen molar-refractivity contribution in [3.8, 4) is 0 Å². The highest BCUT2D eigenvalue weighted by Crippen LogP contribution is 2.22. The van der Waals surface area contributed by atoms with Gasteiger partial charge in [0.15, 0.2) is 0 Å². The first-order valence-electron chi connectivity index (χ1n) is 8.43. The van der Waals surface area contributed by atoms with Crippen LogP contribution >= 0.6 is 15.9 Å². The predicted molar refractivity (Wildman–Crippen MR) is 108 cm³/mol. The minimum absolute atomic E-state index is 0.167. The first-order valence-corrected chi connectivity index (χ1v) is 10.7. The molecular formula is C19H23BrN2O3S. The molecule has 0 aromatic heterocycles. The number of rotatable bonds is 7. The fourth-order valence-electron chi connectivity index (χ4n) is 2.66. The smallest absolute Gasteiger partial charge is 0.243 e. The number of sulfonamides is 1. The summed E-state index contributed by atoms with van der Waals surface area (Å²) < 4.78 is 27.5. The average molecular weight is 439 g/mol. The molecule has 0 radical (unpaired) electrons. The van der Waals surface area contributed by atoms with Crippen molar-refractivity contribution in [2.45, 2.75) is 32.1 Å². The van der Waals surface area contributed by atoms with Crippen molar-refractivity contribution in [1.82, 2.24) is 4.31 Å². The van der Waals surface area contributed by atoms with Crippen LogP contribution in [0.15, 0.2) is 51.8 Å². The Labute approximate surface area is 163 Å². The summed E-state index contributed by atoms with van der Waals surface area (Å²) in [5.41, 5.74) is 2.74. The van der Waals surface area contributed by atoms with Gasteiger partial charge in [-0.25, -0.2) is 8.42 Å². The fraction of sp³-hybridized carbons (Fsp3) is 0.316. The van der Waals surface area contributed by atoms with Gasteiger partial charge in [0.05, 0.1) is 11.4 Å². The summed E-state index contributed by atoms with van der Waals surface area (Å²) in [7, 11) is -3.73. The number of para-hydroxylation sites is 1. The van der Waals surface area contributed by atoms with Gasteiger partial charge in [0.1, 0.15) is 0 Å². The van der Waals surface area contributed by atoms with Crippen molar-refractivity contribution < 1.29 is 13.2 Å². The molecule has 2 aromatic rings. The largest absolute Gasteiger partial charge is 0.324 e. The maximum Gasteiger partial charge on any atom is 0.243 e. The number of halogens is 1. The highest BCUT2D eigenvalue weighted by Gasteiger charge is 2.25. The van der Waals surface area contributed by atoms with Crippen LogP contribution in [0.25, 0.3) is 0 Å². The Hall–Kier alpha value is -1.70. The van der Waals surface area contributed by atoms with Gasteiger partial charge in [0.2, 0.25) is 15.9 Å². The van der Waals surface area contributed by atoms with E-state index in [0.29, 0.717) is 0 Å². The topological polar surface area (TPSA) is 66.5 Å². The number of carbonyl (C=O) groups excluding carboxylic acids is 1. The Kier molecular flexibility index (Phi) is 6.97. The van der Waals surface area contributed by atoms with Crippen LogP contribution < -0.4 is 5.32 Å². The summed E-state index contributed by atoms with van der Waals surface area (Å²) in [6.45, 7) is 5.63. The number of benzene rings is 2. The summed E-state index contributed by atoms with van der Waals surface area (Å²) in [6, 6.07) is 12.2. The number of amides is 1. The Morgan fingerprint density at radius 1 is 1.12 bits per heavy atom. The van der Waals surface area contributed by atoms with Crippen LogP contribution in [0.5, 0.6) is 0 Å². The van der Waals surface area contributed by atoms with Crippen LogP contribution in [0.3, 0.4) is 0 Å². The Bertz CT molecular complexity index is 880. The second-order valence-corrected chi connectivity index (χ2v) is 8.75. The van der Waals surface area contributed by atoms with Crippen LogP contribution in [0.4, 0.5) is 5.69 Å². The van der Waals surface area contributed by atoms with Crippen LogP contribution in [-0.4, -0.2) is 31.7 Å².